The van der Waals surface area contributed by atoms with Crippen molar-refractivity contribution < 1.29 is 9.59 Å². The molecule has 0 saturated carbocycles. The van der Waals surface area contributed by atoms with Gasteiger partial charge in [-0.15, -0.1) is 0 Å². The van der Waals surface area contributed by atoms with Gasteiger partial charge in [0.25, 0.3) is 0 Å². The third-order valence-electron chi connectivity index (χ3n) is 3.65. The Balaban J connectivity index is 2.34. The Morgan fingerprint density at radius 1 is 0.789 bits per heavy atom. The van der Waals surface area contributed by atoms with Crippen molar-refractivity contribution in [2.45, 2.75) is 13.3 Å². The Morgan fingerprint density at radius 2 is 1.26 bits per heavy atom. The van der Waals surface area contributed by atoms with E-state index in [1.165, 1.54) is 0 Å². The minimum Gasteiger partial charge on any atom is -0.294 e. The van der Waals surface area contributed by atoms with Crippen molar-refractivity contribution in [3.63, 3.8) is 0 Å². The van der Waals surface area contributed by atoms with Gasteiger partial charge in [0.15, 0.2) is 11.6 Å². The lowest BCUT2D eigenvalue weighted by Gasteiger charge is -2.19. The lowest BCUT2D eigenvalue weighted by molar-refractivity contribution is 0.0861. The normalized spacial score (nSPS) is 18.3. The van der Waals surface area contributed by atoms with E-state index >= 15 is 0 Å². The molecule has 0 N–H and O–H groups in total. The highest BCUT2D eigenvalue weighted by atomic mass is 16.1. The summed E-state index contributed by atoms with van der Waals surface area (Å²) in [7, 11) is 0. The van der Waals surface area contributed by atoms with Gasteiger partial charge in [-0.2, -0.15) is 0 Å². The van der Waals surface area contributed by atoms with Crippen LogP contribution in [-0.2, 0) is 0 Å². The molecule has 94 valence electrons. The zero-order valence-corrected chi connectivity index (χ0v) is 10.7. The van der Waals surface area contributed by atoms with E-state index in [1.807, 2.05) is 55.5 Å². The van der Waals surface area contributed by atoms with E-state index in [1.54, 1.807) is 0 Å². The summed E-state index contributed by atoms with van der Waals surface area (Å²) in [4.78, 5) is 24.7. The summed E-state index contributed by atoms with van der Waals surface area (Å²) in [5, 5.41) is 0. The van der Waals surface area contributed by atoms with Gasteiger partial charge >= 0.3 is 0 Å². The van der Waals surface area contributed by atoms with E-state index < -0.39 is 0 Å². The number of benzene rings is 2. The Labute approximate surface area is 112 Å². The SMILES string of the molecule is CC1CC(=O)c2ccccc2-c2ccccc2C1=O. The van der Waals surface area contributed by atoms with Gasteiger partial charge in [0.05, 0.1) is 0 Å². The maximum Gasteiger partial charge on any atom is 0.166 e. The summed E-state index contributed by atoms with van der Waals surface area (Å²) in [6.07, 6.45) is 0.282. The fraction of sp³-hybridized carbons (Fsp3) is 0.176. The summed E-state index contributed by atoms with van der Waals surface area (Å²) in [6, 6.07) is 15.1. The Bertz CT molecular complexity index is 670. The van der Waals surface area contributed by atoms with Crippen LogP contribution in [0.15, 0.2) is 48.5 Å². The molecule has 0 amide bonds. The van der Waals surface area contributed by atoms with Crippen LogP contribution in [0, 0.1) is 5.92 Å². The van der Waals surface area contributed by atoms with Crippen molar-refractivity contribution in [1.29, 1.82) is 0 Å². The van der Waals surface area contributed by atoms with E-state index in [0.717, 1.165) is 16.7 Å². The topological polar surface area (TPSA) is 34.1 Å². The number of fused-ring (bicyclic) bond motifs is 3. The number of ketones is 2. The predicted molar refractivity (Wildman–Crippen MR) is 74.3 cm³/mol. The first kappa shape index (κ1) is 11.8. The summed E-state index contributed by atoms with van der Waals surface area (Å²) < 4.78 is 0. The Morgan fingerprint density at radius 3 is 1.89 bits per heavy atom. The van der Waals surface area contributed by atoms with Gasteiger partial charge in [-0.3, -0.25) is 9.59 Å². The third kappa shape index (κ3) is 1.89. The van der Waals surface area contributed by atoms with E-state index in [2.05, 4.69) is 0 Å². The highest BCUT2D eigenvalue weighted by Crippen LogP contribution is 2.32. The van der Waals surface area contributed by atoms with Crippen molar-refractivity contribution in [2.75, 3.05) is 0 Å². The summed E-state index contributed by atoms with van der Waals surface area (Å²) in [5.74, 6) is -0.161. The first-order chi connectivity index (χ1) is 9.18. The van der Waals surface area contributed by atoms with Gasteiger partial charge < -0.3 is 0 Å². The summed E-state index contributed by atoms with van der Waals surface area (Å²) in [5.41, 5.74) is 3.16. The number of hydrogen-bond donors (Lipinski definition) is 0. The lowest BCUT2D eigenvalue weighted by Crippen LogP contribution is -2.20. The van der Waals surface area contributed by atoms with Crippen LogP contribution in [-0.4, -0.2) is 11.6 Å². The molecule has 0 spiro atoms. The number of carbonyl (C=O) groups excluding carboxylic acids is 2. The highest BCUT2D eigenvalue weighted by molar-refractivity contribution is 6.12. The second kappa shape index (κ2) is 4.47. The molecule has 2 heteroatoms. The monoisotopic (exact) mass is 250 g/mol. The molecule has 0 aliphatic heterocycles. The van der Waals surface area contributed by atoms with Crippen molar-refractivity contribution in [2.24, 2.45) is 5.92 Å². The van der Waals surface area contributed by atoms with Gasteiger partial charge in [0.2, 0.25) is 0 Å². The number of carbonyl (C=O) groups is 2. The van der Waals surface area contributed by atoms with Crippen LogP contribution in [0.5, 0.6) is 0 Å². The number of Topliss-reactive ketones (excluding diaryl/α,β-unsaturated/α-hetero) is 2. The van der Waals surface area contributed by atoms with Crippen LogP contribution >= 0.6 is 0 Å². The summed E-state index contributed by atoms with van der Waals surface area (Å²) in [6.45, 7) is 1.82. The molecular weight excluding hydrogens is 236 g/mol. The molecule has 2 aromatic carbocycles. The standard InChI is InChI=1S/C17H14O2/c1-11-10-16(18)14-8-4-2-6-12(14)13-7-3-5-9-15(13)17(11)19/h2-9,11H,10H2,1H3. The number of hydrogen-bond acceptors (Lipinski definition) is 2. The van der Waals surface area contributed by atoms with Crippen LogP contribution in [0.25, 0.3) is 11.1 Å². The maximum atomic E-state index is 12.4. The quantitative estimate of drug-likeness (QED) is 0.713. The van der Waals surface area contributed by atoms with E-state index in [0.29, 0.717) is 5.56 Å². The second-order valence-electron chi connectivity index (χ2n) is 4.98. The molecule has 3 rings (SSSR count). The first-order valence-corrected chi connectivity index (χ1v) is 6.44. The largest absolute Gasteiger partial charge is 0.294 e. The molecule has 19 heavy (non-hydrogen) atoms. The Kier molecular flexibility index (Phi) is 2.79. The average Bonchev–Trinajstić information content (AvgIpc) is 2.45. The fourth-order valence-corrected chi connectivity index (χ4v) is 2.64. The van der Waals surface area contributed by atoms with Gasteiger partial charge in [0.1, 0.15) is 0 Å². The zero-order valence-electron chi connectivity index (χ0n) is 10.7. The lowest BCUT2D eigenvalue weighted by atomic mass is 9.82. The molecule has 1 unspecified atom stereocenters. The van der Waals surface area contributed by atoms with Crippen molar-refractivity contribution >= 4 is 11.6 Å². The second-order valence-corrected chi connectivity index (χ2v) is 4.98. The van der Waals surface area contributed by atoms with Gasteiger partial charge in [-0.1, -0.05) is 55.5 Å². The van der Waals surface area contributed by atoms with Crippen LogP contribution in [0.1, 0.15) is 34.1 Å². The van der Waals surface area contributed by atoms with Gasteiger partial charge in [-0.05, 0) is 11.1 Å². The minimum atomic E-state index is -0.262. The molecule has 1 aliphatic carbocycles. The van der Waals surface area contributed by atoms with Gasteiger partial charge in [-0.25, -0.2) is 0 Å². The third-order valence-corrected chi connectivity index (χ3v) is 3.65. The molecule has 1 aliphatic rings. The smallest absolute Gasteiger partial charge is 0.166 e. The molecule has 0 heterocycles. The average molecular weight is 250 g/mol. The number of rotatable bonds is 0. The van der Waals surface area contributed by atoms with Crippen LogP contribution in [0.3, 0.4) is 0 Å². The molecule has 0 aromatic heterocycles. The summed E-state index contributed by atoms with van der Waals surface area (Å²) >= 11 is 0. The maximum absolute atomic E-state index is 12.4. The van der Waals surface area contributed by atoms with E-state index in [-0.39, 0.29) is 23.9 Å². The molecule has 0 saturated heterocycles. The molecular formula is C17H14O2. The van der Waals surface area contributed by atoms with E-state index in [4.69, 9.17) is 0 Å². The first-order valence-electron chi connectivity index (χ1n) is 6.44. The fourth-order valence-electron chi connectivity index (χ4n) is 2.64. The van der Waals surface area contributed by atoms with Crippen LogP contribution in [0.4, 0.5) is 0 Å². The molecule has 2 aromatic rings. The zero-order chi connectivity index (χ0) is 13.4. The van der Waals surface area contributed by atoms with E-state index in [9.17, 15) is 9.59 Å². The predicted octanol–water partition coefficient (Wildman–Crippen LogP) is 3.76. The molecule has 0 fully saturated rings. The molecule has 0 bridgehead atoms. The molecule has 2 nitrogen and oxygen atoms in total. The molecule has 1 atom stereocenters. The van der Waals surface area contributed by atoms with Crippen molar-refractivity contribution in [3.05, 3.63) is 59.7 Å². The van der Waals surface area contributed by atoms with Crippen LogP contribution < -0.4 is 0 Å². The minimum absolute atomic E-state index is 0.0472. The van der Waals surface area contributed by atoms with Crippen LogP contribution in [0.2, 0.25) is 0 Å². The Hall–Kier alpha value is -2.22. The van der Waals surface area contributed by atoms with Crippen molar-refractivity contribution in [3.8, 4) is 11.1 Å². The van der Waals surface area contributed by atoms with Crippen molar-refractivity contribution in [1.82, 2.24) is 0 Å². The molecule has 0 radical (unpaired) electrons. The van der Waals surface area contributed by atoms with Gasteiger partial charge in [0, 0.05) is 23.5 Å². The highest BCUT2D eigenvalue weighted by Gasteiger charge is 2.26.